The molecule has 0 aromatic heterocycles. The van der Waals surface area contributed by atoms with Crippen molar-refractivity contribution in [3.63, 3.8) is 0 Å². The van der Waals surface area contributed by atoms with Gasteiger partial charge in [0, 0.05) is 24.4 Å². The molecule has 3 rings (SSSR count). The number of methoxy groups -OCH3 is 1. The highest BCUT2D eigenvalue weighted by atomic mass is 19.1. The number of halogens is 1. The van der Waals surface area contributed by atoms with Gasteiger partial charge in [0.1, 0.15) is 11.9 Å². The minimum Gasteiger partial charge on any atom is -0.493 e. The van der Waals surface area contributed by atoms with Crippen LogP contribution in [0.25, 0.3) is 0 Å². The topological polar surface area (TPSA) is 73.9 Å². The number of hydrogen-bond acceptors (Lipinski definition) is 5. The first-order valence-corrected chi connectivity index (χ1v) is 10.5. The Hall–Kier alpha value is -3.09. The van der Waals surface area contributed by atoms with E-state index in [9.17, 15) is 14.0 Å². The van der Waals surface area contributed by atoms with Gasteiger partial charge in [-0.3, -0.25) is 9.59 Å². The molecular formula is C24H28FNO5. The van der Waals surface area contributed by atoms with Crippen LogP contribution < -0.4 is 14.8 Å². The molecule has 166 valence electrons. The van der Waals surface area contributed by atoms with Crippen LogP contribution in [0.2, 0.25) is 0 Å². The lowest BCUT2D eigenvalue weighted by atomic mass is 9.78. The number of nitrogens with one attached hydrogen (secondary N) is 1. The Morgan fingerprint density at radius 2 is 1.84 bits per heavy atom. The van der Waals surface area contributed by atoms with E-state index in [1.807, 2.05) is 25.1 Å². The molecule has 0 bridgehead atoms. The van der Waals surface area contributed by atoms with Gasteiger partial charge in [-0.2, -0.15) is 0 Å². The molecule has 6 nitrogen and oxygen atoms in total. The molecule has 0 aliphatic heterocycles. The number of rotatable bonds is 7. The third-order valence-corrected chi connectivity index (χ3v) is 5.47. The molecule has 2 aromatic rings. The van der Waals surface area contributed by atoms with E-state index in [0.29, 0.717) is 42.9 Å². The summed E-state index contributed by atoms with van der Waals surface area (Å²) in [7, 11) is 1.58. The predicted molar refractivity (Wildman–Crippen MR) is 114 cm³/mol. The van der Waals surface area contributed by atoms with Gasteiger partial charge in [-0.25, -0.2) is 4.39 Å². The zero-order chi connectivity index (χ0) is 22.4. The van der Waals surface area contributed by atoms with E-state index in [1.165, 1.54) is 31.2 Å². The summed E-state index contributed by atoms with van der Waals surface area (Å²) in [6.07, 6.45) is 1.65. The summed E-state index contributed by atoms with van der Waals surface area (Å²) in [4.78, 5) is 24.3. The highest BCUT2D eigenvalue weighted by Gasteiger charge is 2.34. The van der Waals surface area contributed by atoms with Crippen molar-refractivity contribution < 1.29 is 28.2 Å². The van der Waals surface area contributed by atoms with Crippen LogP contribution in [0.5, 0.6) is 11.5 Å². The van der Waals surface area contributed by atoms with Crippen molar-refractivity contribution >= 4 is 11.9 Å². The summed E-state index contributed by atoms with van der Waals surface area (Å²) in [6.45, 7) is 3.79. The SMILES string of the molecule is CCOc1cc(C2CC(OC(C)=O)CCC2NC(=O)c2ccc(F)cc2)ccc1OC. The fraction of sp³-hybridized carbons (Fsp3) is 0.417. The average Bonchev–Trinajstić information content (AvgIpc) is 2.75. The van der Waals surface area contributed by atoms with E-state index < -0.39 is 5.82 Å². The van der Waals surface area contributed by atoms with E-state index >= 15 is 0 Å². The monoisotopic (exact) mass is 429 g/mol. The van der Waals surface area contributed by atoms with Crippen molar-refractivity contribution in [1.82, 2.24) is 5.32 Å². The molecule has 0 spiro atoms. The molecule has 1 aliphatic rings. The maximum absolute atomic E-state index is 13.2. The van der Waals surface area contributed by atoms with Gasteiger partial charge in [0.05, 0.1) is 13.7 Å². The zero-order valence-electron chi connectivity index (χ0n) is 18.0. The quantitative estimate of drug-likeness (QED) is 0.667. The number of esters is 1. The summed E-state index contributed by atoms with van der Waals surface area (Å²) in [5.41, 5.74) is 1.36. The highest BCUT2D eigenvalue weighted by molar-refractivity contribution is 5.94. The lowest BCUT2D eigenvalue weighted by Crippen LogP contribution is -2.44. The summed E-state index contributed by atoms with van der Waals surface area (Å²) in [5, 5.41) is 3.08. The Morgan fingerprint density at radius 1 is 1.10 bits per heavy atom. The van der Waals surface area contributed by atoms with E-state index in [0.717, 1.165) is 5.56 Å². The minimum absolute atomic E-state index is 0.0902. The van der Waals surface area contributed by atoms with Crippen molar-refractivity contribution in [2.24, 2.45) is 0 Å². The fourth-order valence-electron chi connectivity index (χ4n) is 4.06. The van der Waals surface area contributed by atoms with Crippen LogP contribution in [0.3, 0.4) is 0 Å². The van der Waals surface area contributed by atoms with Crippen LogP contribution in [-0.4, -0.2) is 37.7 Å². The Morgan fingerprint density at radius 3 is 2.48 bits per heavy atom. The molecule has 3 atom stereocenters. The van der Waals surface area contributed by atoms with E-state index in [1.54, 1.807) is 7.11 Å². The first-order valence-electron chi connectivity index (χ1n) is 10.5. The standard InChI is InChI=1S/C24H28FNO5/c1-4-30-23-13-17(7-12-22(23)29-3)20-14-19(31-15(2)27)10-11-21(20)26-24(28)16-5-8-18(25)9-6-16/h5-9,12-13,19-21H,4,10-11,14H2,1-3H3,(H,26,28). The number of hydrogen-bond donors (Lipinski definition) is 1. The Bertz CT molecular complexity index is 915. The zero-order valence-corrected chi connectivity index (χ0v) is 18.0. The van der Waals surface area contributed by atoms with Crippen molar-refractivity contribution in [2.75, 3.05) is 13.7 Å². The fourth-order valence-corrected chi connectivity index (χ4v) is 4.06. The molecule has 31 heavy (non-hydrogen) atoms. The lowest BCUT2D eigenvalue weighted by molar-refractivity contribution is -0.148. The van der Waals surface area contributed by atoms with Gasteiger partial charge in [0.2, 0.25) is 0 Å². The maximum atomic E-state index is 13.2. The highest BCUT2D eigenvalue weighted by Crippen LogP contribution is 2.38. The molecule has 2 aromatic carbocycles. The van der Waals surface area contributed by atoms with Gasteiger partial charge in [-0.1, -0.05) is 6.07 Å². The number of benzene rings is 2. The second-order valence-electron chi connectivity index (χ2n) is 7.58. The van der Waals surface area contributed by atoms with Crippen molar-refractivity contribution in [1.29, 1.82) is 0 Å². The largest absolute Gasteiger partial charge is 0.493 e. The molecule has 7 heteroatoms. The minimum atomic E-state index is -0.391. The second kappa shape index (κ2) is 10.3. The number of carbonyl (C=O) groups is 2. The normalized spacial score (nSPS) is 20.6. The maximum Gasteiger partial charge on any atom is 0.302 e. The molecule has 0 heterocycles. The Labute approximate surface area is 181 Å². The summed E-state index contributed by atoms with van der Waals surface area (Å²) >= 11 is 0. The molecule has 3 unspecified atom stereocenters. The van der Waals surface area contributed by atoms with E-state index in [-0.39, 0.29) is 29.9 Å². The van der Waals surface area contributed by atoms with Crippen molar-refractivity contribution in [3.05, 3.63) is 59.4 Å². The van der Waals surface area contributed by atoms with Gasteiger partial charge in [-0.05, 0) is 68.1 Å². The van der Waals surface area contributed by atoms with Crippen LogP contribution in [0, 0.1) is 5.82 Å². The van der Waals surface area contributed by atoms with E-state index in [4.69, 9.17) is 14.2 Å². The predicted octanol–water partition coefficient (Wildman–Crippen LogP) is 4.23. The average molecular weight is 429 g/mol. The van der Waals surface area contributed by atoms with Crippen LogP contribution in [0.1, 0.15) is 54.9 Å². The van der Waals surface area contributed by atoms with Crippen LogP contribution in [0.15, 0.2) is 42.5 Å². The van der Waals surface area contributed by atoms with Crippen molar-refractivity contribution in [2.45, 2.75) is 51.2 Å². The van der Waals surface area contributed by atoms with Crippen molar-refractivity contribution in [3.8, 4) is 11.5 Å². The lowest BCUT2D eigenvalue weighted by Gasteiger charge is -2.36. The van der Waals surface area contributed by atoms with Crippen LogP contribution in [-0.2, 0) is 9.53 Å². The van der Waals surface area contributed by atoms with Crippen LogP contribution >= 0.6 is 0 Å². The van der Waals surface area contributed by atoms with Crippen LogP contribution in [0.4, 0.5) is 4.39 Å². The van der Waals surface area contributed by atoms with E-state index in [2.05, 4.69) is 5.32 Å². The molecular weight excluding hydrogens is 401 g/mol. The second-order valence-corrected chi connectivity index (χ2v) is 7.58. The molecule has 1 aliphatic carbocycles. The Kier molecular flexibility index (Phi) is 7.50. The summed E-state index contributed by atoms with van der Waals surface area (Å²) in [5.74, 6) is 0.193. The number of ether oxygens (including phenoxy) is 3. The molecule has 1 saturated carbocycles. The summed E-state index contributed by atoms with van der Waals surface area (Å²) < 4.78 is 29.8. The first-order chi connectivity index (χ1) is 14.9. The van der Waals surface area contributed by atoms with Gasteiger partial charge in [-0.15, -0.1) is 0 Å². The molecule has 0 saturated heterocycles. The van der Waals surface area contributed by atoms with Gasteiger partial charge < -0.3 is 19.5 Å². The smallest absolute Gasteiger partial charge is 0.302 e. The molecule has 1 N–H and O–H groups in total. The molecule has 1 amide bonds. The third-order valence-electron chi connectivity index (χ3n) is 5.47. The summed E-state index contributed by atoms with van der Waals surface area (Å²) in [6, 6.07) is 11.0. The number of amides is 1. The number of carbonyl (C=O) groups excluding carboxylic acids is 2. The third kappa shape index (κ3) is 5.75. The molecule has 0 radical (unpaired) electrons. The molecule has 1 fully saturated rings. The van der Waals surface area contributed by atoms with Gasteiger partial charge in [0.25, 0.3) is 5.91 Å². The van der Waals surface area contributed by atoms with Gasteiger partial charge in [0.15, 0.2) is 11.5 Å². The van der Waals surface area contributed by atoms with Gasteiger partial charge >= 0.3 is 5.97 Å². The Balaban J connectivity index is 1.86. The first kappa shape index (κ1) is 22.6.